The Morgan fingerprint density at radius 1 is 1.21 bits per heavy atom. The lowest BCUT2D eigenvalue weighted by molar-refractivity contribution is -0.151. The van der Waals surface area contributed by atoms with E-state index in [1.165, 1.54) is 5.56 Å². The van der Waals surface area contributed by atoms with Crippen molar-refractivity contribution in [1.82, 2.24) is 0 Å². The Morgan fingerprint density at radius 2 is 1.97 bits per heavy atom. The molecule has 1 saturated heterocycles. The summed E-state index contributed by atoms with van der Waals surface area (Å²) >= 11 is 1.59. The summed E-state index contributed by atoms with van der Waals surface area (Å²) in [5.74, 6) is -1.63. The Kier molecular flexibility index (Phi) is 6.93. The van der Waals surface area contributed by atoms with Crippen molar-refractivity contribution in [3.8, 4) is 0 Å². The zero-order valence-electron chi connectivity index (χ0n) is 16.5. The fraction of sp³-hybridized carbons (Fsp3) is 0.318. The van der Waals surface area contributed by atoms with Crippen LogP contribution < -0.4 is 10.2 Å². The third-order valence-electron chi connectivity index (χ3n) is 4.81. The number of carbonyl (C=O) groups excluding carboxylic acids is 3. The minimum atomic E-state index is -0.572. The monoisotopic (exact) mass is 412 g/mol. The van der Waals surface area contributed by atoms with Crippen molar-refractivity contribution in [2.75, 3.05) is 29.6 Å². The molecule has 1 N–H and O–H groups in total. The Bertz CT molecular complexity index is 898. The Labute approximate surface area is 174 Å². The van der Waals surface area contributed by atoms with Gasteiger partial charge in [0, 0.05) is 29.2 Å². The molecule has 1 heterocycles. The number of esters is 1. The maximum atomic E-state index is 12.4. The number of anilines is 2. The van der Waals surface area contributed by atoms with Crippen LogP contribution in [0.5, 0.6) is 0 Å². The molecule has 0 saturated carbocycles. The van der Waals surface area contributed by atoms with E-state index in [2.05, 4.69) is 12.2 Å². The van der Waals surface area contributed by atoms with Gasteiger partial charge < -0.3 is 15.0 Å². The SMILES string of the molecule is CCc1ccc(NC(=O)COC(=O)[C@@H]2CC(=O)N(c3cccc(SC)c3)C2)cc1. The largest absolute Gasteiger partial charge is 0.455 e. The number of aryl methyl sites for hydroxylation is 1. The van der Waals surface area contributed by atoms with Crippen LogP contribution in [-0.4, -0.2) is 37.2 Å². The maximum Gasteiger partial charge on any atom is 0.311 e. The van der Waals surface area contributed by atoms with Crippen molar-refractivity contribution in [3.63, 3.8) is 0 Å². The average molecular weight is 413 g/mol. The summed E-state index contributed by atoms with van der Waals surface area (Å²) in [6, 6.07) is 15.1. The minimum Gasteiger partial charge on any atom is -0.455 e. The molecule has 1 aliphatic heterocycles. The molecule has 29 heavy (non-hydrogen) atoms. The van der Waals surface area contributed by atoms with Gasteiger partial charge in [-0.1, -0.05) is 25.1 Å². The first-order valence-corrected chi connectivity index (χ1v) is 10.7. The van der Waals surface area contributed by atoms with Crippen LogP contribution in [0, 0.1) is 5.92 Å². The molecule has 0 unspecified atom stereocenters. The van der Waals surface area contributed by atoms with E-state index in [0.717, 1.165) is 17.0 Å². The summed E-state index contributed by atoms with van der Waals surface area (Å²) in [7, 11) is 0. The highest BCUT2D eigenvalue weighted by Crippen LogP contribution is 2.28. The van der Waals surface area contributed by atoms with Crippen LogP contribution in [0.25, 0.3) is 0 Å². The molecule has 0 aliphatic carbocycles. The lowest BCUT2D eigenvalue weighted by Crippen LogP contribution is -2.28. The number of thioether (sulfide) groups is 1. The second-order valence-corrected chi connectivity index (χ2v) is 7.69. The predicted octanol–water partition coefficient (Wildman–Crippen LogP) is 3.51. The van der Waals surface area contributed by atoms with Crippen LogP contribution in [0.3, 0.4) is 0 Å². The molecule has 2 aromatic carbocycles. The van der Waals surface area contributed by atoms with Crippen LogP contribution in [0.15, 0.2) is 53.4 Å². The number of amides is 2. The highest BCUT2D eigenvalue weighted by Gasteiger charge is 2.36. The number of benzene rings is 2. The Balaban J connectivity index is 1.51. The van der Waals surface area contributed by atoms with Gasteiger partial charge >= 0.3 is 5.97 Å². The minimum absolute atomic E-state index is 0.0857. The first-order chi connectivity index (χ1) is 14.0. The van der Waals surface area contributed by atoms with Gasteiger partial charge in [-0.25, -0.2) is 0 Å². The van der Waals surface area contributed by atoms with Gasteiger partial charge in [-0.3, -0.25) is 14.4 Å². The number of rotatable bonds is 7. The smallest absolute Gasteiger partial charge is 0.311 e. The van der Waals surface area contributed by atoms with Gasteiger partial charge in [-0.05, 0) is 48.6 Å². The van der Waals surface area contributed by atoms with Crippen molar-refractivity contribution in [2.45, 2.75) is 24.7 Å². The van der Waals surface area contributed by atoms with E-state index in [-0.39, 0.29) is 25.5 Å². The quantitative estimate of drug-likeness (QED) is 0.556. The molecule has 1 atom stereocenters. The van der Waals surface area contributed by atoms with Crippen molar-refractivity contribution >= 4 is 40.9 Å². The lowest BCUT2D eigenvalue weighted by atomic mass is 10.1. The fourth-order valence-electron chi connectivity index (χ4n) is 3.17. The van der Waals surface area contributed by atoms with Gasteiger partial charge in [0.25, 0.3) is 5.91 Å². The van der Waals surface area contributed by atoms with Crippen molar-refractivity contribution in [3.05, 3.63) is 54.1 Å². The molecule has 152 valence electrons. The highest BCUT2D eigenvalue weighted by atomic mass is 32.2. The summed E-state index contributed by atoms with van der Waals surface area (Å²) in [5, 5.41) is 2.70. The fourth-order valence-corrected chi connectivity index (χ4v) is 3.62. The van der Waals surface area contributed by atoms with E-state index >= 15 is 0 Å². The molecular formula is C22H24N2O4S. The third kappa shape index (κ3) is 5.38. The number of carbonyl (C=O) groups is 3. The first-order valence-electron chi connectivity index (χ1n) is 9.50. The molecule has 1 fully saturated rings. The molecule has 2 amide bonds. The van der Waals surface area contributed by atoms with E-state index in [1.807, 2.05) is 54.8 Å². The van der Waals surface area contributed by atoms with Gasteiger partial charge in [0.1, 0.15) is 0 Å². The summed E-state index contributed by atoms with van der Waals surface area (Å²) in [5.41, 5.74) is 2.59. The molecule has 0 radical (unpaired) electrons. The molecule has 0 spiro atoms. The van der Waals surface area contributed by atoms with Gasteiger partial charge in [0.2, 0.25) is 5.91 Å². The van der Waals surface area contributed by atoms with Gasteiger partial charge in [-0.15, -0.1) is 11.8 Å². The number of hydrogen-bond donors (Lipinski definition) is 1. The molecule has 6 nitrogen and oxygen atoms in total. The summed E-state index contributed by atoms with van der Waals surface area (Å²) in [4.78, 5) is 39.4. The first kappa shape index (κ1) is 20.9. The number of ether oxygens (including phenoxy) is 1. The Hall–Kier alpha value is -2.80. The van der Waals surface area contributed by atoms with Crippen molar-refractivity contribution < 1.29 is 19.1 Å². The lowest BCUT2D eigenvalue weighted by Gasteiger charge is -2.17. The van der Waals surface area contributed by atoms with Gasteiger partial charge in [0.15, 0.2) is 6.61 Å². The van der Waals surface area contributed by atoms with Gasteiger partial charge in [0.05, 0.1) is 5.92 Å². The molecule has 2 aromatic rings. The van der Waals surface area contributed by atoms with Crippen LogP contribution in [0.1, 0.15) is 18.9 Å². The Morgan fingerprint density at radius 3 is 2.66 bits per heavy atom. The van der Waals surface area contributed by atoms with Crippen LogP contribution in [0.4, 0.5) is 11.4 Å². The van der Waals surface area contributed by atoms with E-state index in [1.54, 1.807) is 16.7 Å². The molecule has 3 rings (SSSR count). The van der Waals surface area contributed by atoms with E-state index < -0.39 is 17.8 Å². The summed E-state index contributed by atoms with van der Waals surface area (Å²) in [6.45, 7) is 1.94. The van der Waals surface area contributed by atoms with Crippen molar-refractivity contribution in [1.29, 1.82) is 0 Å². The number of hydrogen-bond acceptors (Lipinski definition) is 5. The summed E-state index contributed by atoms with van der Waals surface area (Å²) < 4.78 is 5.15. The van der Waals surface area contributed by atoms with E-state index in [9.17, 15) is 14.4 Å². The number of nitrogens with zero attached hydrogens (tertiary/aromatic N) is 1. The average Bonchev–Trinajstić information content (AvgIpc) is 3.14. The topological polar surface area (TPSA) is 75.7 Å². The second-order valence-electron chi connectivity index (χ2n) is 6.81. The standard InChI is InChI=1S/C22H24N2O4S/c1-3-15-7-9-17(10-8-15)23-20(25)14-28-22(27)16-11-21(26)24(13-16)18-5-4-6-19(12-18)29-2/h4-10,12,16H,3,11,13-14H2,1-2H3,(H,23,25)/t16-/m1/s1. The molecular weight excluding hydrogens is 388 g/mol. The van der Waals surface area contributed by atoms with Crippen LogP contribution in [-0.2, 0) is 25.5 Å². The molecule has 7 heteroatoms. The van der Waals surface area contributed by atoms with Gasteiger partial charge in [-0.2, -0.15) is 0 Å². The van der Waals surface area contributed by atoms with E-state index in [0.29, 0.717) is 5.69 Å². The zero-order valence-corrected chi connectivity index (χ0v) is 17.3. The molecule has 0 bridgehead atoms. The molecule has 1 aliphatic rings. The normalized spacial score (nSPS) is 16.0. The maximum absolute atomic E-state index is 12.4. The highest BCUT2D eigenvalue weighted by molar-refractivity contribution is 7.98. The second kappa shape index (κ2) is 9.60. The summed E-state index contributed by atoms with van der Waals surface area (Å²) in [6.07, 6.45) is 2.97. The van der Waals surface area contributed by atoms with Crippen LogP contribution >= 0.6 is 11.8 Å². The zero-order chi connectivity index (χ0) is 20.8. The predicted molar refractivity (Wildman–Crippen MR) is 114 cm³/mol. The van der Waals surface area contributed by atoms with Crippen molar-refractivity contribution in [2.24, 2.45) is 5.92 Å². The van der Waals surface area contributed by atoms with E-state index in [4.69, 9.17) is 4.74 Å². The third-order valence-corrected chi connectivity index (χ3v) is 5.54. The number of nitrogens with one attached hydrogen (secondary N) is 1. The van der Waals surface area contributed by atoms with Crippen LogP contribution in [0.2, 0.25) is 0 Å². The molecule has 0 aromatic heterocycles.